The molecular formula is C23H26N6O2S2. The fraction of sp³-hybridized carbons (Fsp3) is 0.478. The Balaban J connectivity index is 1.16. The van der Waals surface area contributed by atoms with Crippen molar-refractivity contribution in [2.75, 3.05) is 38.0 Å². The Morgan fingerprint density at radius 3 is 2.70 bits per heavy atom. The highest BCUT2D eigenvalue weighted by molar-refractivity contribution is 7.18. The standard InChI is InChI=1S/C23H26N6O2S2/c1-13-14(2)32-23-20(13)21(31)25-18(26-23)11-28-6-8-29(9-7-28)12-19(30)27-22-16(10-24)15-4-3-5-17(15)33-22/h3-9,11-12H2,1-2H3,(H,27,30)(H,25,26,31). The van der Waals surface area contributed by atoms with E-state index < -0.39 is 0 Å². The van der Waals surface area contributed by atoms with E-state index in [1.165, 1.54) is 4.88 Å². The number of aryl methyl sites for hydroxylation is 3. The highest BCUT2D eigenvalue weighted by Gasteiger charge is 2.25. The monoisotopic (exact) mass is 482 g/mol. The van der Waals surface area contributed by atoms with Crippen molar-refractivity contribution in [2.24, 2.45) is 0 Å². The van der Waals surface area contributed by atoms with Crippen LogP contribution in [-0.2, 0) is 24.2 Å². The van der Waals surface area contributed by atoms with Gasteiger partial charge in [-0.15, -0.1) is 22.7 Å². The van der Waals surface area contributed by atoms with Crippen molar-refractivity contribution < 1.29 is 4.79 Å². The zero-order valence-corrected chi connectivity index (χ0v) is 20.4. The number of nitriles is 1. The molecule has 2 N–H and O–H groups in total. The maximum Gasteiger partial charge on any atom is 0.259 e. The van der Waals surface area contributed by atoms with Gasteiger partial charge in [0.15, 0.2) is 0 Å². The molecule has 33 heavy (non-hydrogen) atoms. The van der Waals surface area contributed by atoms with Gasteiger partial charge in [0.2, 0.25) is 5.91 Å². The van der Waals surface area contributed by atoms with E-state index in [1.807, 2.05) is 13.8 Å². The Kier molecular flexibility index (Phi) is 6.05. The van der Waals surface area contributed by atoms with Crippen molar-refractivity contribution in [2.45, 2.75) is 39.7 Å². The Labute approximate surface area is 199 Å². The third kappa shape index (κ3) is 4.34. The number of hydrogen-bond acceptors (Lipinski definition) is 8. The van der Waals surface area contributed by atoms with Gasteiger partial charge in [-0.2, -0.15) is 5.26 Å². The Hall–Kier alpha value is -2.58. The van der Waals surface area contributed by atoms with E-state index in [1.54, 1.807) is 22.7 Å². The second kappa shape index (κ2) is 8.99. The molecule has 172 valence electrons. The molecule has 10 heteroatoms. The van der Waals surface area contributed by atoms with Crippen molar-refractivity contribution in [3.63, 3.8) is 0 Å². The summed E-state index contributed by atoms with van der Waals surface area (Å²) in [7, 11) is 0. The summed E-state index contributed by atoms with van der Waals surface area (Å²) in [6, 6.07) is 2.28. The van der Waals surface area contributed by atoms with Gasteiger partial charge in [0.25, 0.3) is 5.56 Å². The van der Waals surface area contributed by atoms with Crippen molar-refractivity contribution in [1.29, 1.82) is 5.26 Å². The molecule has 4 heterocycles. The maximum absolute atomic E-state index is 12.6. The molecule has 0 bridgehead atoms. The van der Waals surface area contributed by atoms with E-state index in [-0.39, 0.29) is 11.5 Å². The molecule has 0 unspecified atom stereocenters. The first-order valence-corrected chi connectivity index (χ1v) is 12.8. The molecular weight excluding hydrogens is 456 g/mol. The third-order valence-electron chi connectivity index (χ3n) is 6.58. The fourth-order valence-electron chi connectivity index (χ4n) is 4.67. The number of aromatic amines is 1. The lowest BCUT2D eigenvalue weighted by Crippen LogP contribution is -2.48. The molecule has 1 saturated heterocycles. The second-order valence-corrected chi connectivity index (χ2v) is 11.1. The Morgan fingerprint density at radius 1 is 1.18 bits per heavy atom. The summed E-state index contributed by atoms with van der Waals surface area (Å²) in [4.78, 5) is 40.3. The summed E-state index contributed by atoms with van der Waals surface area (Å²) in [5.41, 5.74) is 2.73. The first kappa shape index (κ1) is 22.2. The van der Waals surface area contributed by atoms with E-state index in [2.05, 4.69) is 31.2 Å². The van der Waals surface area contributed by atoms with Gasteiger partial charge in [-0.05, 0) is 44.2 Å². The van der Waals surface area contributed by atoms with Crippen molar-refractivity contribution in [3.05, 3.63) is 42.6 Å². The molecule has 3 aromatic heterocycles. The Morgan fingerprint density at radius 2 is 1.94 bits per heavy atom. The van der Waals surface area contributed by atoms with Gasteiger partial charge < -0.3 is 10.3 Å². The highest BCUT2D eigenvalue weighted by atomic mass is 32.1. The van der Waals surface area contributed by atoms with Crippen LogP contribution in [0.1, 0.15) is 38.7 Å². The number of thiophene rings is 2. The number of carbonyl (C=O) groups is 1. The molecule has 1 aliphatic heterocycles. The minimum absolute atomic E-state index is 0.0663. The van der Waals surface area contributed by atoms with Crippen LogP contribution in [0.15, 0.2) is 4.79 Å². The number of amides is 1. The summed E-state index contributed by atoms with van der Waals surface area (Å²) in [5.74, 6) is 0.620. The van der Waals surface area contributed by atoms with E-state index in [0.717, 1.165) is 66.3 Å². The molecule has 0 radical (unpaired) electrons. The molecule has 0 spiro atoms. The first-order valence-electron chi connectivity index (χ1n) is 11.2. The minimum atomic E-state index is -0.0697. The molecule has 5 rings (SSSR count). The molecule has 8 nitrogen and oxygen atoms in total. The molecule has 1 amide bonds. The summed E-state index contributed by atoms with van der Waals surface area (Å²) in [5, 5.41) is 13.9. The largest absolute Gasteiger partial charge is 0.315 e. The number of nitrogens with one attached hydrogen (secondary N) is 2. The maximum atomic E-state index is 12.6. The van der Waals surface area contributed by atoms with Gasteiger partial charge in [-0.1, -0.05) is 0 Å². The van der Waals surface area contributed by atoms with Gasteiger partial charge >= 0.3 is 0 Å². The first-order chi connectivity index (χ1) is 15.9. The number of aromatic nitrogens is 2. The molecule has 1 fully saturated rings. The van der Waals surface area contributed by atoms with Crippen LogP contribution in [0.2, 0.25) is 0 Å². The second-order valence-electron chi connectivity index (χ2n) is 8.75. The lowest BCUT2D eigenvalue weighted by atomic mass is 10.1. The zero-order valence-electron chi connectivity index (χ0n) is 18.8. The highest BCUT2D eigenvalue weighted by Crippen LogP contribution is 2.38. The van der Waals surface area contributed by atoms with Crippen LogP contribution < -0.4 is 10.9 Å². The zero-order chi connectivity index (χ0) is 23.1. The quantitative estimate of drug-likeness (QED) is 0.579. The van der Waals surface area contributed by atoms with Gasteiger partial charge in [0.1, 0.15) is 21.7 Å². The summed E-state index contributed by atoms with van der Waals surface area (Å²) >= 11 is 3.12. The average molecular weight is 483 g/mol. The van der Waals surface area contributed by atoms with E-state index in [4.69, 9.17) is 0 Å². The van der Waals surface area contributed by atoms with Crippen molar-refractivity contribution in [3.8, 4) is 6.07 Å². The SMILES string of the molecule is Cc1sc2nc(CN3CCN(CC(=O)Nc4sc5c(c4C#N)CCC5)CC3)[nH]c(=O)c2c1C. The summed E-state index contributed by atoms with van der Waals surface area (Å²) in [6.45, 7) is 8.02. The van der Waals surface area contributed by atoms with Crippen LogP contribution in [-0.4, -0.2) is 58.4 Å². The lowest BCUT2D eigenvalue weighted by Gasteiger charge is -2.33. The molecule has 0 saturated carbocycles. The van der Waals surface area contributed by atoms with Crippen LogP contribution >= 0.6 is 22.7 Å². The van der Waals surface area contributed by atoms with Crippen LogP contribution in [0, 0.1) is 25.2 Å². The predicted octanol–water partition coefficient (Wildman–Crippen LogP) is 2.78. The van der Waals surface area contributed by atoms with E-state index in [0.29, 0.717) is 34.9 Å². The van der Waals surface area contributed by atoms with Crippen LogP contribution in [0.25, 0.3) is 10.2 Å². The number of H-pyrrole nitrogens is 1. The molecule has 0 atom stereocenters. The van der Waals surface area contributed by atoms with Crippen LogP contribution in [0.5, 0.6) is 0 Å². The number of hydrogen-bond donors (Lipinski definition) is 2. The summed E-state index contributed by atoms with van der Waals surface area (Å²) < 4.78 is 0. The van der Waals surface area contributed by atoms with Gasteiger partial charge in [0, 0.05) is 35.9 Å². The molecule has 1 aliphatic carbocycles. The molecule has 3 aromatic rings. The van der Waals surface area contributed by atoms with Crippen LogP contribution in [0.4, 0.5) is 5.00 Å². The van der Waals surface area contributed by atoms with E-state index in [9.17, 15) is 14.9 Å². The normalized spacial score (nSPS) is 16.8. The fourth-order valence-corrected chi connectivity index (χ4v) is 6.98. The number of nitrogens with zero attached hydrogens (tertiary/aromatic N) is 4. The average Bonchev–Trinajstić information content (AvgIpc) is 3.43. The Bertz CT molecular complexity index is 1320. The van der Waals surface area contributed by atoms with Crippen molar-refractivity contribution >= 4 is 43.8 Å². The smallest absolute Gasteiger partial charge is 0.259 e. The molecule has 2 aliphatic rings. The minimum Gasteiger partial charge on any atom is -0.315 e. The van der Waals surface area contributed by atoms with E-state index >= 15 is 0 Å². The van der Waals surface area contributed by atoms with Gasteiger partial charge in [0.05, 0.1) is 24.0 Å². The molecule has 0 aromatic carbocycles. The summed E-state index contributed by atoms with van der Waals surface area (Å²) in [6.07, 6.45) is 3.04. The lowest BCUT2D eigenvalue weighted by molar-refractivity contribution is -0.117. The topological polar surface area (TPSA) is 105 Å². The van der Waals surface area contributed by atoms with Crippen molar-refractivity contribution in [1.82, 2.24) is 19.8 Å². The number of carbonyl (C=O) groups excluding carboxylic acids is 1. The number of piperazine rings is 1. The number of rotatable bonds is 5. The third-order valence-corrected chi connectivity index (χ3v) is 8.89. The van der Waals surface area contributed by atoms with Gasteiger partial charge in [-0.25, -0.2) is 4.98 Å². The van der Waals surface area contributed by atoms with Gasteiger partial charge in [-0.3, -0.25) is 19.4 Å². The van der Waals surface area contributed by atoms with Crippen LogP contribution in [0.3, 0.4) is 0 Å². The number of fused-ring (bicyclic) bond motifs is 2. The predicted molar refractivity (Wildman–Crippen MR) is 131 cm³/mol. The number of anilines is 1.